The van der Waals surface area contributed by atoms with Crippen molar-refractivity contribution in [1.29, 1.82) is 5.26 Å². The third kappa shape index (κ3) is 11.1. The number of aryl methyl sites for hydroxylation is 4. The summed E-state index contributed by atoms with van der Waals surface area (Å²) < 4.78 is 199. The van der Waals surface area contributed by atoms with Gasteiger partial charge in [0.15, 0.2) is 5.76 Å². The summed E-state index contributed by atoms with van der Waals surface area (Å²) in [6.45, 7) is 0. The lowest BCUT2D eigenvalue weighted by molar-refractivity contribution is -0.277. The van der Waals surface area contributed by atoms with Crippen molar-refractivity contribution in [2.45, 2.75) is 50.8 Å². The van der Waals surface area contributed by atoms with Crippen LogP contribution in [0.5, 0.6) is 11.5 Å². The van der Waals surface area contributed by atoms with Crippen LogP contribution in [0.3, 0.4) is 0 Å². The number of H-pyrrole nitrogens is 1. The molecule has 3 aromatic heterocycles. The first-order valence-corrected chi connectivity index (χ1v) is 17.0. The molecule has 0 atom stereocenters. The summed E-state index contributed by atoms with van der Waals surface area (Å²) in [6.07, 6.45) is -20.9. The molecule has 320 valence electrons. The fourth-order valence-corrected chi connectivity index (χ4v) is 5.91. The molecule has 0 saturated carbocycles. The predicted molar refractivity (Wildman–Crippen MR) is 181 cm³/mol. The van der Waals surface area contributed by atoms with Gasteiger partial charge in [0, 0.05) is 16.8 Å². The molecular weight excluding hydrogens is 856 g/mol. The van der Waals surface area contributed by atoms with Crippen LogP contribution in [-0.2, 0) is 38.0 Å². The lowest BCUT2D eigenvalue weighted by Crippen LogP contribution is -2.20. The van der Waals surface area contributed by atoms with E-state index in [1.54, 1.807) is 6.07 Å². The van der Waals surface area contributed by atoms with Crippen molar-refractivity contribution in [1.82, 2.24) is 20.6 Å². The van der Waals surface area contributed by atoms with Crippen molar-refractivity contribution in [2.75, 3.05) is 0 Å². The summed E-state index contributed by atoms with van der Waals surface area (Å²) >= 11 is 0. The van der Waals surface area contributed by atoms with Gasteiger partial charge in [-0.25, -0.2) is 8.78 Å². The largest absolute Gasteiger partial charge is 0.573 e. The zero-order valence-corrected chi connectivity index (χ0v) is 30.0. The molecular formula is C38H21F14N5O4. The molecule has 0 aliphatic carbocycles. The van der Waals surface area contributed by atoms with E-state index in [-0.39, 0.29) is 70.9 Å². The number of hydrogen-bond donors (Lipinski definition) is 1. The normalized spacial score (nSPS) is 12.3. The zero-order chi connectivity index (χ0) is 44.5. The van der Waals surface area contributed by atoms with Gasteiger partial charge in [-0.1, -0.05) is 12.1 Å². The van der Waals surface area contributed by atoms with E-state index in [0.29, 0.717) is 40.6 Å². The topological polar surface area (TPSA) is 123 Å². The van der Waals surface area contributed by atoms with Gasteiger partial charge >= 0.3 is 25.1 Å². The van der Waals surface area contributed by atoms with Gasteiger partial charge in [-0.2, -0.15) is 36.8 Å². The molecule has 23 heteroatoms. The van der Waals surface area contributed by atoms with E-state index >= 15 is 0 Å². The first-order chi connectivity index (χ1) is 28.5. The number of nitriles is 1. The summed E-state index contributed by atoms with van der Waals surface area (Å²) in [5, 5.41) is 22.7. The lowest BCUT2D eigenvalue weighted by Gasteiger charge is -2.16. The standard InChI is InChI=1S/C19H11F7N4O2.C19H10F7NO2/c20-13-6-11-8-16(17-27-29-30-28-17)31-15(11)7-10(13)3-1-9-2-4-14(32-19(24,25)26)12(5-9)18(21,22)23;20-15-7-12-6-13(9-27)28-17(12)8-11(15)3-1-10-2-4-16(29-19(24,25)26)14(5-10)18(21,22)23/h2,4-8H,1,3H2,(H,27,28,29,30);2,4-8H,1,3H2. The number of nitrogens with zero attached hydrogens (tertiary/aromatic N) is 4. The van der Waals surface area contributed by atoms with Gasteiger partial charge < -0.3 is 18.3 Å². The number of alkyl halides is 12. The van der Waals surface area contributed by atoms with Crippen molar-refractivity contribution in [3.63, 3.8) is 0 Å². The van der Waals surface area contributed by atoms with Crippen molar-refractivity contribution < 1.29 is 79.8 Å². The lowest BCUT2D eigenvalue weighted by atomic mass is 10.0. The Morgan fingerprint density at radius 2 is 1.07 bits per heavy atom. The van der Waals surface area contributed by atoms with Crippen LogP contribution >= 0.6 is 0 Å². The van der Waals surface area contributed by atoms with Gasteiger partial charge in [0.25, 0.3) is 0 Å². The molecule has 0 spiro atoms. The monoisotopic (exact) mass is 877 g/mol. The average molecular weight is 878 g/mol. The SMILES string of the molecule is Fc1cc2cc(-c3nn[nH]n3)oc2cc1CCc1ccc(OC(F)(F)F)c(C(F)(F)F)c1.N#Cc1cc2cc(F)c(CCc3ccc(OC(F)(F)F)c(C(F)(F)F)c3)cc2o1. The highest BCUT2D eigenvalue weighted by atomic mass is 19.4. The molecule has 3 heterocycles. The van der Waals surface area contributed by atoms with Crippen LogP contribution in [0.4, 0.5) is 61.5 Å². The van der Waals surface area contributed by atoms with Gasteiger partial charge in [0.1, 0.15) is 40.4 Å². The number of hydrogen-bond acceptors (Lipinski definition) is 8. The smallest absolute Gasteiger partial charge is 0.453 e. The van der Waals surface area contributed by atoms with E-state index in [1.165, 1.54) is 30.3 Å². The Bertz CT molecular complexity index is 2710. The summed E-state index contributed by atoms with van der Waals surface area (Å²) in [7, 11) is 0. The maximum absolute atomic E-state index is 14.5. The second-order valence-electron chi connectivity index (χ2n) is 12.8. The van der Waals surface area contributed by atoms with Gasteiger partial charge in [-0.15, -0.1) is 36.5 Å². The Kier molecular flexibility index (Phi) is 11.9. The van der Waals surface area contributed by atoms with E-state index in [0.717, 1.165) is 18.2 Å². The number of halogens is 14. The number of fused-ring (bicyclic) bond motifs is 2. The molecule has 61 heavy (non-hydrogen) atoms. The maximum atomic E-state index is 14.5. The first-order valence-electron chi connectivity index (χ1n) is 17.0. The number of aromatic nitrogens is 4. The molecule has 1 N–H and O–H groups in total. The Morgan fingerprint density at radius 3 is 1.49 bits per heavy atom. The summed E-state index contributed by atoms with van der Waals surface area (Å²) in [5.74, 6) is -3.61. The van der Waals surface area contributed by atoms with Crippen LogP contribution in [-0.4, -0.2) is 33.3 Å². The molecule has 0 fully saturated rings. The van der Waals surface area contributed by atoms with E-state index in [1.807, 2.05) is 0 Å². The van der Waals surface area contributed by atoms with Gasteiger partial charge in [0.2, 0.25) is 11.6 Å². The summed E-state index contributed by atoms with van der Waals surface area (Å²) in [4.78, 5) is 0. The fraction of sp³-hybridized carbons (Fsp3) is 0.211. The third-order valence-electron chi connectivity index (χ3n) is 8.56. The van der Waals surface area contributed by atoms with Crippen molar-refractivity contribution in [3.8, 4) is 29.2 Å². The summed E-state index contributed by atoms with van der Waals surface area (Å²) in [5.41, 5.74) is -2.24. The Hall–Kier alpha value is -6.86. The zero-order valence-electron chi connectivity index (χ0n) is 30.0. The molecule has 0 unspecified atom stereocenters. The van der Waals surface area contributed by atoms with Gasteiger partial charge in [-0.05, 0) is 108 Å². The number of rotatable bonds is 9. The van der Waals surface area contributed by atoms with Crippen LogP contribution in [0.1, 0.15) is 39.1 Å². The number of benzene rings is 4. The van der Waals surface area contributed by atoms with Crippen LogP contribution in [0.15, 0.2) is 81.6 Å². The number of tetrazole rings is 1. The van der Waals surface area contributed by atoms with Gasteiger partial charge in [-0.3, -0.25) is 0 Å². The van der Waals surface area contributed by atoms with Crippen LogP contribution in [0, 0.1) is 23.0 Å². The molecule has 0 aliphatic rings. The van der Waals surface area contributed by atoms with Crippen molar-refractivity contribution in [3.05, 3.63) is 124 Å². The summed E-state index contributed by atoms with van der Waals surface area (Å²) in [6, 6.07) is 14.0. The quantitative estimate of drug-likeness (QED) is 0.142. The molecule has 9 nitrogen and oxygen atoms in total. The highest BCUT2D eigenvalue weighted by Crippen LogP contribution is 2.41. The number of aromatic amines is 1. The highest BCUT2D eigenvalue weighted by molar-refractivity contribution is 5.82. The average Bonchev–Trinajstić information content (AvgIpc) is 3.92. The first kappa shape index (κ1) is 43.7. The molecule has 7 rings (SSSR count). The number of ether oxygens (including phenoxy) is 2. The highest BCUT2D eigenvalue weighted by Gasteiger charge is 2.41. The maximum Gasteiger partial charge on any atom is 0.573 e. The van der Waals surface area contributed by atoms with E-state index in [9.17, 15) is 61.5 Å². The second-order valence-corrected chi connectivity index (χ2v) is 12.8. The third-order valence-corrected chi connectivity index (χ3v) is 8.56. The minimum Gasteiger partial charge on any atom is -0.453 e. The molecule has 0 amide bonds. The Morgan fingerprint density at radius 1 is 0.590 bits per heavy atom. The fourth-order valence-electron chi connectivity index (χ4n) is 5.91. The predicted octanol–water partition coefficient (Wildman–Crippen LogP) is 11.6. The second kappa shape index (κ2) is 16.7. The number of furan rings is 2. The van der Waals surface area contributed by atoms with Crippen LogP contribution in [0.2, 0.25) is 0 Å². The molecule has 0 saturated heterocycles. The van der Waals surface area contributed by atoms with Crippen molar-refractivity contribution >= 4 is 21.9 Å². The van der Waals surface area contributed by atoms with E-state index in [4.69, 9.17) is 14.1 Å². The van der Waals surface area contributed by atoms with Crippen LogP contribution in [0.25, 0.3) is 33.5 Å². The minimum atomic E-state index is -5.27. The van der Waals surface area contributed by atoms with Gasteiger partial charge in [0.05, 0.1) is 11.1 Å². The van der Waals surface area contributed by atoms with Crippen molar-refractivity contribution in [2.24, 2.45) is 0 Å². The molecule has 4 aromatic carbocycles. The Labute approximate surface area is 331 Å². The van der Waals surface area contributed by atoms with Crippen LogP contribution < -0.4 is 9.47 Å². The van der Waals surface area contributed by atoms with E-state index in [2.05, 4.69) is 30.1 Å². The molecule has 0 aliphatic heterocycles. The molecule has 0 bridgehead atoms. The Balaban J connectivity index is 0.000000205. The molecule has 0 radical (unpaired) electrons. The molecule has 7 aromatic rings. The van der Waals surface area contributed by atoms with E-state index < -0.39 is 59.3 Å². The minimum absolute atomic E-state index is 0.0216. The number of nitrogens with one attached hydrogen (secondary N) is 1.